The van der Waals surface area contributed by atoms with E-state index in [2.05, 4.69) is 10.6 Å². The quantitative estimate of drug-likeness (QED) is 0.667. The van der Waals surface area contributed by atoms with Gasteiger partial charge in [0, 0.05) is 5.69 Å². The van der Waals surface area contributed by atoms with E-state index in [1.807, 2.05) is 36.5 Å². The maximum absolute atomic E-state index is 11.8. The molecular formula is C13H18N3O2+. The van der Waals surface area contributed by atoms with Crippen LogP contribution in [0.1, 0.15) is 12.0 Å². The monoisotopic (exact) mass is 248 g/mol. The van der Waals surface area contributed by atoms with Crippen molar-refractivity contribution in [1.29, 1.82) is 0 Å². The van der Waals surface area contributed by atoms with Crippen LogP contribution in [0.15, 0.2) is 24.3 Å². The normalized spacial score (nSPS) is 19.2. The molecule has 2 amide bonds. The summed E-state index contributed by atoms with van der Waals surface area (Å²) in [7, 11) is 0. The Kier molecular flexibility index (Phi) is 3.94. The van der Waals surface area contributed by atoms with Gasteiger partial charge < -0.3 is 16.0 Å². The summed E-state index contributed by atoms with van der Waals surface area (Å²) in [6.07, 6.45) is 0.208. The van der Waals surface area contributed by atoms with Crippen LogP contribution >= 0.6 is 0 Å². The lowest BCUT2D eigenvalue weighted by molar-refractivity contribution is -0.678. The molecule has 1 heterocycles. The molecule has 2 rings (SSSR count). The third-order valence-electron chi connectivity index (χ3n) is 2.94. The Bertz CT molecular complexity index is 459. The number of aryl methyl sites for hydroxylation is 1. The highest BCUT2D eigenvalue weighted by Crippen LogP contribution is 2.09. The molecule has 0 radical (unpaired) electrons. The van der Waals surface area contributed by atoms with E-state index in [9.17, 15) is 9.59 Å². The molecule has 1 aliphatic heterocycles. The average molecular weight is 248 g/mol. The molecule has 1 aromatic rings. The third-order valence-corrected chi connectivity index (χ3v) is 2.94. The van der Waals surface area contributed by atoms with E-state index in [4.69, 9.17) is 0 Å². The van der Waals surface area contributed by atoms with Gasteiger partial charge in [0.25, 0.3) is 5.91 Å². The summed E-state index contributed by atoms with van der Waals surface area (Å²) in [6.45, 7) is 3.47. The van der Waals surface area contributed by atoms with Crippen molar-refractivity contribution >= 4 is 17.5 Å². The highest BCUT2D eigenvalue weighted by Gasteiger charge is 2.27. The summed E-state index contributed by atoms with van der Waals surface area (Å²) in [5.41, 5.74) is 1.87. The van der Waals surface area contributed by atoms with Crippen molar-refractivity contribution < 1.29 is 14.9 Å². The van der Waals surface area contributed by atoms with Crippen molar-refractivity contribution in [2.24, 2.45) is 0 Å². The minimum Gasteiger partial charge on any atom is -0.345 e. The van der Waals surface area contributed by atoms with E-state index >= 15 is 0 Å². The van der Waals surface area contributed by atoms with Crippen LogP contribution < -0.4 is 16.0 Å². The lowest BCUT2D eigenvalue weighted by atomic mass is 10.1. The second-order valence-electron chi connectivity index (χ2n) is 4.54. The van der Waals surface area contributed by atoms with Crippen molar-refractivity contribution in [2.75, 3.05) is 18.4 Å². The Hall–Kier alpha value is -1.88. The molecule has 0 aromatic heterocycles. The molecular weight excluding hydrogens is 230 g/mol. The number of benzene rings is 1. The minimum atomic E-state index is -0.302. The Morgan fingerprint density at radius 3 is 3.11 bits per heavy atom. The summed E-state index contributed by atoms with van der Waals surface area (Å²) in [4.78, 5) is 23.3. The van der Waals surface area contributed by atoms with Crippen LogP contribution in [0.5, 0.6) is 0 Å². The first-order valence-corrected chi connectivity index (χ1v) is 6.13. The first kappa shape index (κ1) is 12.6. The van der Waals surface area contributed by atoms with Crippen LogP contribution in [0.3, 0.4) is 0 Å². The Morgan fingerprint density at radius 2 is 2.39 bits per heavy atom. The third kappa shape index (κ3) is 3.30. The van der Waals surface area contributed by atoms with E-state index in [1.165, 1.54) is 0 Å². The molecule has 1 fully saturated rings. The fourth-order valence-electron chi connectivity index (χ4n) is 2.03. The van der Waals surface area contributed by atoms with Crippen molar-refractivity contribution in [3.8, 4) is 0 Å². The number of nitrogens with one attached hydrogen (secondary N) is 2. The Labute approximate surface area is 106 Å². The maximum Gasteiger partial charge on any atom is 0.278 e. The number of amides is 2. The molecule has 1 aromatic carbocycles. The standard InChI is InChI=1S/C13H17N3O2/c1-9-3-2-4-10(7-9)16-12(17)8-11-13(18)15-6-5-14-11/h2-4,7,11,14H,5-6,8H2,1H3,(H,15,18)(H,16,17)/p+1/t11-/m0/s1. The number of quaternary nitrogens is 1. The zero-order chi connectivity index (χ0) is 13.0. The predicted octanol–water partition coefficient (Wildman–Crippen LogP) is -0.615. The van der Waals surface area contributed by atoms with Gasteiger partial charge in [-0.1, -0.05) is 12.1 Å². The van der Waals surface area contributed by atoms with Gasteiger partial charge in [0.15, 0.2) is 6.04 Å². The number of nitrogens with two attached hydrogens (primary N) is 1. The fraction of sp³-hybridized carbons (Fsp3) is 0.385. The van der Waals surface area contributed by atoms with E-state index in [0.717, 1.165) is 17.8 Å². The lowest BCUT2D eigenvalue weighted by Crippen LogP contribution is -2.96. The van der Waals surface area contributed by atoms with Gasteiger partial charge in [-0.3, -0.25) is 9.59 Å². The summed E-state index contributed by atoms with van der Waals surface area (Å²) < 4.78 is 0. The van der Waals surface area contributed by atoms with Gasteiger partial charge in [0.1, 0.15) is 0 Å². The number of hydrogen-bond donors (Lipinski definition) is 3. The smallest absolute Gasteiger partial charge is 0.278 e. The van der Waals surface area contributed by atoms with Crippen LogP contribution in [-0.4, -0.2) is 30.9 Å². The topological polar surface area (TPSA) is 74.8 Å². The molecule has 0 aliphatic carbocycles. The van der Waals surface area contributed by atoms with Crippen molar-refractivity contribution in [3.05, 3.63) is 29.8 Å². The summed E-state index contributed by atoms with van der Waals surface area (Å²) in [5.74, 6) is -0.181. The van der Waals surface area contributed by atoms with Crippen LogP contribution in [0.2, 0.25) is 0 Å². The van der Waals surface area contributed by atoms with Gasteiger partial charge in [0.2, 0.25) is 5.91 Å². The average Bonchev–Trinajstić information content (AvgIpc) is 2.32. The van der Waals surface area contributed by atoms with Crippen LogP contribution in [0.4, 0.5) is 5.69 Å². The van der Waals surface area contributed by atoms with E-state index < -0.39 is 0 Å². The number of carbonyl (C=O) groups excluding carboxylic acids is 2. The molecule has 1 atom stereocenters. The van der Waals surface area contributed by atoms with Gasteiger partial charge in [-0.15, -0.1) is 0 Å². The highest BCUT2D eigenvalue weighted by molar-refractivity contribution is 5.94. The second-order valence-corrected chi connectivity index (χ2v) is 4.54. The first-order valence-electron chi connectivity index (χ1n) is 6.13. The Balaban J connectivity index is 1.90. The summed E-state index contributed by atoms with van der Waals surface area (Å²) >= 11 is 0. The molecule has 1 saturated heterocycles. The lowest BCUT2D eigenvalue weighted by Gasteiger charge is -2.19. The van der Waals surface area contributed by atoms with E-state index in [0.29, 0.717) is 6.54 Å². The van der Waals surface area contributed by atoms with Gasteiger partial charge in [-0.2, -0.15) is 0 Å². The predicted molar refractivity (Wildman–Crippen MR) is 68.0 cm³/mol. The van der Waals surface area contributed by atoms with Gasteiger partial charge in [-0.25, -0.2) is 0 Å². The molecule has 4 N–H and O–H groups in total. The Morgan fingerprint density at radius 1 is 1.56 bits per heavy atom. The number of carbonyl (C=O) groups is 2. The second kappa shape index (κ2) is 5.64. The van der Waals surface area contributed by atoms with Gasteiger partial charge >= 0.3 is 0 Å². The number of anilines is 1. The number of hydrogen-bond acceptors (Lipinski definition) is 2. The van der Waals surface area contributed by atoms with Gasteiger partial charge in [-0.05, 0) is 24.6 Å². The molecule has 0 saturated carbocycles. The molecule has 5 nitrogen and oxygen atoms in total. The van der Waals surface area contributed by atoms with E-state index in [-0.39, 0.29) is 24.3 Å². The maximum atomic E-state index is 11.8. The van der Waals surface area contributed by atoms with Crippen LogP contribution in [0.25, 0.3) is 0 Å². The fourth-order valence-corrected chi connectivity index (χ4v) is 2.03. The van der Waals surface area contributed by atoms with Crippen molar-refractivity contribution in [2.45, 2.75) is 19.4 Å². The zero-order valence-electron chi connectivity index (χ0n) is 10.4. The zero-order valence-corrected chi connectivity index (χ0v) is 10.4. The molecule has 0 spiro atoms. The van der Waals surface area contributed by atoms with Crippen molar-refractivity contribution in [1.82, 2.24) is 5.32 Å². The first-order chi connectivity index (χ1) is 8.65. The summed E-state index contributed by atoms with van der Waals surface area (Å²) in [6, 6.07) is 7.31. The van der Waals surface area contributed by atoms with Gasteiger partial charge in [0.05, 0.1) is 19.5 Å². The molecule has 96 valence electrons. The number of rotatable bonds is 3. The SMILES string of the molecule is Cc1cccc(NC(=O)C[C@@H]2[NH2+]CCNC2=O)c1. The summed E-state index contributed by atoms with van der Waals surface area (Å²) in [5, 5.41) is 7.48. The van der Waals surface area contributed by atoms with E-state index in [1.54, 1.807) is 0 Å². The molecule has 1 aliphatic rings. The minimum absolute atomic E-state index is 0.0550. The molecule has 5 heteroatoms. The molecule has 0 bridgehead atoms. The van der Waals surface area contributed by atoms with Crippen molar-refractivity contribution in [3.63, 3.8) is 0 Å². The van der Waals surface area contributed by atoms with Crippen LogP contribution in [-0.2, 0) is 9.59 Å². The van der Waals surface area contributed by atoms with Crippen LogP contribution in [0, 0.1) is 6.92 Å². The molecule has 0 unspecified atom stereocenters. The number of piperazine rings is 1. The molecule has 18 heavy (non-hydrogen) atoms. The highest BCUT2D eigenvalue weighted by atomic mass is 16.2. The largest absolute Gasteiger partial charge is 0.345 e.